The third-order valence-corrected chi connectivity index (χ3v) is 4.73. The molecule has 2 amide bonds. The van der Waals surface area contributed by atoms with Crippen molar-refractivity contribution in [1.82, 2.24) is 15.1 Å². The zero-order valence-corrected chi connectivity index (χ0v) is 16.1. The van der Waals surface area contributed by atoms with Crippen LogP contribution >= 0.6 is 11.3 Å². The van der Waals surface area contributed by atoms with E-state index in [9.17, 15) is 14.4 Å². The van der Waals surface area contributed by atoms with Gasteiger partial charge in [0.25, 0.3) is 11.8 Å². The van der Waals surface area contributed by atoms with Gasteiger partial charge in [-0.1, -0.05) is 6.07 Å². The number of hydrogen-bond donors (Lipinski definition) is 2. The Morgan fingerprint density at radius 1 is 1.27 bits per heavy atom. The van der Waals surface area contributed by atoms with Gasteiger partial charge in [-0.05, 0) is 39.1 Å². The quantitative estimate of drug-likeness (QED) is 0.746. The van der Waals surface area contributed by atoms with Gasteiger partial charge in [0.15, 0.2) is 6.10 Å². The van der Waals surface area contributed by atoms with Crippen LogP contribution in [0.4, 0.5) is 5.69 Å². The third kappa shape index (κ3) is 4.48. The Bertz CT molecular complexity index is 813. The van der Waals surface area contributed by atoms with Gasteiger partial charge < -0.3 is 15.4 Å². The number of amides is 2. The molecule has 0 radical (unpaired) electrons. The summed E-state index contributed by atoms with van der Waals surface area (Å²) in [5.74, 6) is -1.50. The maximum Gasteiger partial charge on any atom is 0.329 e. The van der Waals surface area contributed by atoms with E-state index in [1.807, 2.05) is 6.92 Å². The Hall–Kier alpha value is -2.68. The summed E-state index contributed by atoms with van der Waals surface area (Å²) >= 11 is 1.27. The number of esters is 1. The van der Waals surface area contributed by atoms with E-state index in [0.29, 0.717) is 16.3 Å². The van der Waals surface area contributed by atoms with Crippen molar-refractivity contribution in [3.05, 3.63) is 33.8 Å². The van der Waals surface area contributed by atoms with Crippen molar-refractivity contribution in [2.75, 3.05) is 5.32 Å². The van der Waals surface area contributed by atoms with Gasteiger partial charge in [-0.25, -0.2) is 4.79 Å². The standard InChI is InChI=1S/C17H22N4O4S/c1-9-14(11(3)21(5)20-9)19-15(22)12(4)25-17(24)10(2)18-16(23)13-7-6-8-26-13/h6-8,10,12H,1-5H3,(H,18,23)(H,19,22). The number of carbonyl (C=O) groups excluding carboxylic acids is 3. The lowest BCUT2D eigenvalue weighted by Crippen LogP contribution is -2.42. The van der Waals surface area contributed by atoms with Crippen LogP contribution in [0.5, 0.6) is 0 Å². The van der Waals surface area contributed by atoms with Gasteiger partial charge in [0, 0.05) is 7.05 Å². The first-order valence-electron chi connectivity index (χ1n) is 8.06. The highest BCUT2D eigenvalue weighted by Gasteiger charge is 2.25. The predicted octanol–water partition coefficient (Wildman–Crippen LogP) is 1.79. The summed E-state index contributed by atoms with van der Waals surface area (Å²) in [6.07, 6.45) is -1.01. The summed E-state index contributed by atoms with van der Waals surface area (Å²) in [6, 6.07) is 2.53. The number of aromatic nitrogens is 2. The lowest BCUT2D eigenvalue weighted by Gasteiger charge is -2.17. The van der Waals surface area contributed by atoms with Crippen molar-refractivity contribution >= 4 is 34.8 Å². The molecule has 140 valence electrons. The summed E-state index contributed by atoms with van der Waals surface area (Å²) in [6.45, 7) is 6.59. The predicted molar refractivity (Wildman–Crippen MR) is 98.1 cm³/mol. The van der Waals surface area contributed by atoms with Gasteiger partial charge in [-0.2, -0.15) is 5.10 Å². The summed E-state index contributed by atoms with van der Waals surface area (Å²) in [7, 11) is 1.78. The maximum atomic E-state index is 12.3. The largest absolute Gasteiger partial charge is 0.451 e. The Morgan fingerprint density at radius 3 is 2.50 bits per heavy atom. The Morgan fingerprint density at radius 2 is 1.96 bits per heavy atom. The average Bonchev–Trinajstić information content (AvgIpc) is 3.19. The molecule has 2 unspecified atom stereocenters. The molecule has 0 aromatic carbocycles. The monoisotopic (exact) mass is 378 g/mol. The van der Waals surface area contributed by atoms with E-state index in [4.69, 9.17) is 4.74 Å². The van der Waals surface area contributed by atoms with E-state index in [1.165, 1.54) is 25.2 Å². The molecule has 8 nitrogen and oxygen atoms in total. The van der Waals surface area contributed by atoms with Crippen LogP contribution in [0.25, 0.3) is 0 Å². The number of anilines is 1. The van der Waals surface area contributed by atoms with Crippen molar-refractivity contribution in [2.24, 2.45) is 7.05 Å². The minimum Gasteiger partial charge on any atom is -0.451 e. The van der Waals surface area contributed by atoms with Crippen LogP contribution in [-0.2, 0) is 21.4 Å². The Labute approximate surface area is 155 Å². The molecule has 2 N–H and O–H groups in total. The van der Waals surface area contributed by atoms with Crippen LogP contribution < -0.4 is 10.6 Å². The molecule has 0 aliphatic heterocycles. The number of aryl methyl sites for hydroxylation is 2. The van der Waals surface area contributed by atoms with Crippen LogP contribution in [0, 0.1) is 13.8 Å². The molecule has 0 fully saturated rings. The first kappa shape index (κ1) is 19.6. The molecule has 0 saturated carbocycles. The lowest BCUT2D eigenvalue weighted by atomic mass is 10.2. The summed E-state index contributed by atoms with van der Waals surface area (Å²) < 4.78 is 6.82. The maximum absolute atomic E-state index is 12.3. The number of nitrogens with zero attached hydrogens (tertiary/aromatic N) is 2. The van der Waals surface area contributed by atoms with E-state index in [1.54, 1.807) is 36.2 Å². The Kier molecular flexibility index (Phi) is 6.14. The minimum atomic E-state index is -1.01. The minimum absolute atomic E-state index is 0.358. The number of rotatable bonds is 6. The molecule has 0 aliphatic rings. The molecule has 2 atom stereocenters. The van der Waals surface area contributed by atoms with Crippen molar-refractivity contribution in [1.29, 1.82) is 0 Å². The average molecular weight is 378 g/mol. The second kappa shape index (κ2) is 8.13. The van der Waals surface area contributed by atoms with E-state index < -0.39 is 24.0 Å². The first-order valence-corrected chi connectivity index (χ1v) is 8.94. The molecular formula is C17H22N4O4S. The fourth-order valence-electron chi connectivity index (χ4n) is 2.24. The van der Waals surface area contributed by atoms with Gasteiger partial charge >= 0.3 is 5.97 Å². The van der Waals surface area contributed by atoms with Crippen molar-refractivity contribution < 1.29 is 19.1 Å². The zero-order valence-electron chi connectivity index (χ0n) is 15.3. The van der Waals surface area contributed by atoms with E-state index in [-0.39, 0.29) is 5.91 Å². The van der Waals surface area contributed by atoms with E-state index in [2.05, 4.69) is 15.7 Å². The molecular weight excluding hydrogens is 356 g/mol. The second-order valence-electron chi connectivity index (χ2n) is 5.91. The van der Waals surface area contributed by atoms with Gasteiger partial charge in [-0.15, -0.1) is 11.3 Å². The van der Waals surface area contributed by atoms with Crippen LogP contribution in [0.15, 0.2) is 17.5 Å². The topological polar surface area (TPSA) is 102 Å². The highest BCUT2D eigenvalue weighted by atomic mass is 32.1. The van der Waals surface area contributed by atoms with Crippen LogP contribution in [0.1, 0.15) is 34.9 Å². The fraction of sp³-hybridized carbons (Fsp3) is 0.412. The molecule has 0 saturated heterocycles. The highest BCUT2D eigenvalue weighted by molar-refractivity contribution is 7.12. The lowest BCUT2D eigenvalue weighted by molar-refractivity contribution is -0.154. The van der Waals surface area contributed by atoms with Crippen molar-refractivity contribution in [3.63, 3.8) is 0 Å². The number of carbonyl (C=O) groups is 3. The molecule has 2 aromatic rings. The number of thiophene rings is 1. The molecule has 9 heteroatoms. The molecule has 0 aliphatic carbocycles. The summed E-state index contributed by atoms with van der Waals surface area (Å²) in [5, 5.41) is 11.3. The molecule has 2 heterocycles. The van der Waals surface area contributed by atoms with E-state index in [0.717, 1.165) is 5.69 Å². The zero-order chi connectivity index (χ0) is 19.4. The summed E-state index contributed by atoms with van der Waals surface area (Å²) in [4.78, 5) is 36.9. The van der Waals surface area contributed by atoms with E-state index >= 15 is 0 Å². The second-order valence-corrected chi connectivity index (χ2v) is 6.86. The number of ether oxygens (including phenoxy) is 1. The van der Waals surface area contributed by atoms with Gasteiger partial charge in [0.05, 0.1) is 22.0 Å². The normalized spacial score (nSPS) is 13.0. The molecule has 2 aromatic heterocycles. The van der Waals surface area contributed by atoms with Gasteiger partial charge in [0.1, 0.15) is 6.04 Å². The van der Waals surface area contributed by atoms with Crippen LogP contribution in [-0.4, -0.2) is 39.7 Å². The van der Waals surface area contributed by atoms with Crippen molar-refractivity contribution in [3.8, 4) is 0 Å². The van der Waals surface area contributed by atoms with Crippen LogP contribution in [0.3, 0.4) is 0 Å². The Balaban J connectivity index is 1.91. The molecule has 26 heavy (non-hydrogen) atoms. The molecule has 2 rings (SSSR count). The summed E-state index contributed by atoms with van der Waals surface area (Å²) in [5.41, 5.74) is 2.07. The SMILES string of the molecule is Cc1nn(C)c(C)c1NC(=O)C(C)OC(=O)C(C)NC(=O)c1cccs1. The van der Waals surface area contributed by atoms with Crippen molar-refractivity contribution in [2.45, 2.75) is 39.8 Å². The number of hydrogen-bond acceptors (Lipinski definition) is 6. The third-order valence-electron chi connectivity index (χ3n) is 3.87. The highest BCUT2D eigenvalue weighted by Crippen LogP contribution is 2.18. The number of nitrogens with one attached hydrogen (secondary N) is 2. The first-order chi connectivity index (χ1) is 12.2. The fourth-order valence-corrected chi connectivity index (χ4v) is 2.87. The van der Waals surface area contributed by atoms with Gasteiger partial charge in [-0.3, -0.25) is 14.3 Å². The van der Waals surface area contributed by atoms with Crippen LogP contribution in [0.2, 0.25) is 0 Å². The molecule has 0 bridgehead atoms. The molecule has 0 spiro atoms. The smallest absolute Gasteiger partial charge is 0.329 e. The van der Waals surface area contributed by atoms with Gasteiger partial charge in [0.2, 0.25) is 0 Å².